The van der Waals surface area contributed by atoms with Gasteiger partial charge in [0.25, 0.3) is 0 Å². The average Bonchev–Trinajstić information content (AvgIpc) is 2.05. The summed E-state index contributed by atoms with van der Waals surface area (Å²) in [5, 5.41) is 3.41. The van der Waals surface area contributed by atoms with Crippen LogP contribution in [0.15, 0.2) is 0 Å². The van der Waals surface area contributed by atoms with Gasteiger partial charge < -0.3 is 10.1 Å². The Labute approximate surface area is 76.7 Å². The van der Waals surface area contributed by atoms with E-state index >= 15 is 0 Å². The van der Waals surface area contributed by atoms with Crippen LogP contribution in [0.1, 0.15) is 33.6 Å². The van der Waals surface area contributed by atoms with Crippen LogP contribution in [0, 0.1) is 5.92 Å². The molecule has 0 rings (SSSR count). The molecule has 1 N–H and O–H groups in total. The fourth-order valence-electron chi connectivity index (χ4n) is 1.27. The Balaban J connectivity index is 3.26. The maximum absolute atomic E-state index is 5.20. The lowest BCUT2D eigenvalue weighted by Crippen LogP contribution is -2.24. The van der Waals surface area contributed by atoms with Crippen LogP contribution in [0.2, 0.25) is 0 Å². The zero-order valence-corrected chi connectivity index (χ0v) is 8.89. The lowest BCUT2D eigenvalue weighted by atomic mass is 10.0. The lowest BCUT2D eigenvalue weighted by molar-refractivity contribution is 0.0972. The molecule has 0 aliphatic carbocycles. The summed E-state index contributed by atoms with van der Waals surface area (Å²) in [5.41, 5.74) is 0. The Morgan fingerprint density at radius 2 is 2.00 bits per heavy atom. The summed E-state index contributed by atoms with van der Waals surface area (Å²) in [6, 6.07) is 0. The van der Waals surface area contributed by atoms with Crippen molar-refractivity contribution < 1.29 is 4.74 Å². The first-order valence-corrected chi connectivity index (χ1v) is 4.94. The largest absolute Gasteiger partial charge is 0.382 e. The molecule has 0 aromatic carbocycles. The molecule has 0 aromatic rings. The van der Waals surface area contributed by atoms with Crippen LogP contribution < -0.4 is 5.32 Å². The predicted molar refractivity (Wildman–Crippen MR) is 53.4 cm³/mol. The van der Waals surface area contributed by atoms with Gasteiger partial charge in [0.05, 0.1) is 6.10 Å². The highest BCUT2D eigenvalue weighted by Gasteiger charge is 2.06. The third-order valence-corrected chi connectivity index (χ3v) is 2.06. The molecular weight excluding hydrogens is 150 g/mol. The Morgan fingerprint density at radius 1 is 1.33 bits per heavy atom. The summed E-state index contributed by atoms with van der Waals surface area (Å²) in [6.07, 6.45) is 2.75. The Kier molecular flexibility index (Phi) is 7.51. The van der Waals surface area contributed by atoms with Crippen LogP contribution >= 0.6 is 0 Å². The average molecular weight is 173 g/mol. The molecule has 0 heterocycles. The molecule has 0 amide bonds. The van der Waals surface area contributed by atoms with E-state index in [0.29, 0.717) is 12.0 Å². The molecule has 12 heavy (non-hydrogen) atoms. The summed E-state index contributed by atoms with van der Waals surface area (Å²) in [5.74, 6) is 0.714. The molecule has 2 unspecified atom stereocenters. The summed E-state index contributed by atoms with van der Waals surface area (Å²) in [4.78, 5) is 0. The van der Waals surface area contributed by atoms with E-state index < -0.39 is 0 Å². The fourth-order valence-corrected chi connectivity index (χ4v) is 1.27. The number of nitrogens with one attached hydrogen (secondary N) is 1. The molecule has 74 valence electrons. The second-order valence-corrected chi connectivity index (χ2v) is 3.59. The molecule has 0 aliphatic rings. The predicted octanol–water partition coefficient (Wildman–Crippen LogP) is 2.05. The molecule has 2 atom stereocenters. The molecule has 0 fully saturated rings. The number of methoxy groups -OCH3 is 1. The topological polar surface area (TPSA) is 21.3 Å². The zero-order valence-electron chi connectivity index (χ0n) is 8.89. The molecule has 0 aromatic heterocycles. The minimum Gasteiger partial charge on any atom is -0.382 e. The van der Waals surface area contributed by atoms with Crippen molar-refractivity contribution in [3.63, 3.8) is 0 Å². The molecule has 0 radical (unpaired) electrons. The minimum atomic E-state index is 0.392. The van der Waals surface area contributed by atoms with Crippen molar-refractivity contribution in [1.82, 2.24) is 5.32 Å². The first kappa shape index (κ1) is 11.9. The number of ether oxygens (including phenoxy) is 1. The molecule has 0 saturated carbocycles. The highest BCUT2D eigenvalue weighted by atomic mass is 16.5. The normalized spacial score (nSPS) is 16.0. The van der Waals surface area contributed by atoms with Gasteiger partial charge in [-0.05, 0) is 38.8 Å². The van der Waals surface area contributed by atoms with Gasteiger partial charge in [-0.2, -0.15) is 0 Å². The molecule has 0 bridgehead atoms. The van der Waals surface area contributed by atoms with Gasteiger partial charge in [0.15, 0.2) is 0 Å². The first-order chi connectivity index (χ1) is 5.70. The maximum Gasteiger partial charge on any atom is 0.0546 e. The third-order valence-electron chi connectivity index (χ3n) is 2.06. The second kappa shape index (κ2) is 7.56. The van der Waals surface area contributed by atoms with Gasteiger partial charge in [-0.3, -0.25) is 0 Å². The quantitative estimate of drug-likeness (QED) is 0.595. The van der Waals surface area contributed by atoms with E-state index in [0.717, 1.165) is 19.5 Å². The van der Waals surface area contributed by atoms with Crippen molar-refractivity contribution in [3.05, 3.63) is 0 Å². The molecule has 0 saturated heterocycles. The van der Waals surface area contributed by atoms with Gasteiger partial charge in [-0.1, -0.05) is 13.8 Å². The number of hydrogen-bond donors (Lipinski definition) is 1. The SMILES string of the molecule is CCCNCC(C)CC(C)OC. The standard InChI is InChI=1S/C10H23NO/c1-5-6-11-8-9(2)7-10(3)12-4/h9-11H,5-8H2,1-4H3. The molecule has 0 aliphatic heterocycles. The van der Waals surface area contributed by atoms with Crippen LogP contribution in [0.25, 0.3) is 0 Å². The van der Waals surface area contributed by atoms with Crippen molar-refractivity contribution in [2.75, 3.05) is 20.2 Å². The van der Waals surface area contributed by atoms with Gasteiger partial charge in [-0.25, -0.2) is 0 Å². The monoisotopic (exact) mass is 173 g/mol. The van der Waals surface area contributed by atoms with Crippen LogP contribution in [0.3, 0.4) is 0 Å². The summed E-state index contributed by atoms with van der Waals surface area (Å²) in [6.45, 7) is 8.82. The minimum absolute atomic E-state index is 0.392. The summed E-state index contributed by atoms with van der Waals surface area (Å²) in [7, 11) is 1.77. The van der Waals surface area contributed by atoms with Crippen LogP contribution in [-0.4, -0.2) is 26.3 Å². The highest BCUT2D eigenvalue weighted by Crippen LogP contribution is 2.06. The molecular formula is C10H23NO. The van der Waals surface area contributed by atoms with Gasteiger partial charge in [0, 0.05) is 7.11 Å². The lowest BCUT2D eigenvalue weighted by Gasteiger charge is -2.16. The molecule has 2 heteroatoms. The molecule has 0 spiro atoms. The third kappa shape index (κ3) is 6.62. The highest BCUT2D eigenvalue weighted by molar-refractivity contribution is 4.60. The van der Waals surface area contributed by atoms with Gasteiger partial charge >= 0.3 is 0 Å². The van der Waals surface area contributed by atoms with E-state index in [4.69, 9.17) is 4.74 Å². The smallest absolute Gasteiger partial charge is 0.0546 e. The van der Waals surface area contributed by atoms with Crippen molar-refractivity contribution in [2.24, 2.45) is 5.92 Å². The van der Waals surface area contributed by atoms with E-state index in [2.05, 4.69) is 26.1 Å². The van der Waals surface area contributed by atoms with Crippen LogP contribution in [-0.2, 0) is 4.74 Å². The van der Waals surface area contributed by atoms with Gasteiger partial charge in [0.2, 0.25) is 0 Å². The molecule has 2 nitrogen and oxygen atoms in total. The number of hydrogen-bond acceptors (Lipinski definition) is 2. The van der Waals surface area contributed by atoms with Crippen LogP contribution in [0.5, 0.6) is 0 Å². The van der Waals surface area contributed by atoms with Crippen molar-refractivity contribution >= 4 is 0 Å². The van der Waals surface area contributed by atoms with Crippen LogP contribution in [0.4, 0.5) is 0 Å². The first-order valence-electron chi connectivity index (χ1n) is 4.94. The maximum atomic E-state index is 5.20. The second-order valence-electron chi connectivity index (χ2n) is 3.59. The van der Waals surface area contributed by atoms with Gasteiger partial charge in [-0.15, -0.1) is 0 Å². The van der Waals surface area contributed by atoms with Crippen molar-refractivity contribution in [1.29, 1.82) is 0 Å². The summed E-state index contributed by atoms with van der Waals surface area (Å²) < 4.78 is 5.20. The Hall–Kier alpha value is -0.0800. The summed E-state index contributed by atoms with van der Waals surface area (Å²) >= 11 is 0. The Morgan fingerprint density at radius 3 is 2.50 bits per heavy atom. The van der Waals surface area contributed by atoms with Crippen molar-refractivity contribution in [3.8, 4) is 0 Å². The van der Waals surface area contributed by atoms with E-state index in [-0.39, 0.29) is 0 Å². The van der Waals surface area contributed by atoms with E-state index in [1.165, 1.54) is 6.42 Å². The number of rotatable bonds is 7. The van der Waals surface area contributed by atoms with E-state index in [9.17, 15) is 0 Å². The zero-order chi connectivity index (χ0) is 9.40. The van der Waals surface area contributed by atoms with E-state index in [1.807, 2.05) is 0 Å². The van der Waals surface area contributed by atoms with E-state index in [1.54, 1.807) is 7.11 Å². The fraction of sp³-hybridized carbons (Fsp3) is 1.00. The van der Waals surface area contributed by atoms with Gasteiger partial charge in [0.1, 0.15) is 0 Å². The van der Waals surface area contributed by atoms with Crippen molar-refractivity contribution in [2.45, 2.75) is 39.7 Å². The Bertz CT molecular complexity index is 95.8.